The van der Waals surface area contributed by atoms with Crippen LogP contribution in [0.1, 0.15) is 67.7 Å². The summed E-state index contributed by atoms with van der Waals surface area (Å²) in [6.45, 7) is 14.8. The first-order chi connectivity index (χ1) is 7.22. The normalized spacial score (nSPS) is 32.9. The number of carbonyl (C=O) groups is 1. The zero-order valence-corrected chi connectivity index (χ0v) is 12.1. The molecule has 0 bridgehead atoms. The third-order valence-electron chi connectivity index (χ3n) is 3.53. The summed E-state index contributed by atoms with van der Waals surface area (Å²) in [6.07, 6.45) is 2.93. The number of ketones is 1. The predicted octanol–water partition coefficient (Wildman–Crippen LogP) is 3.55. The van der Waals surface area contributed by atoms with Gasteiger partial charge in [-0.1, -0.05) is 34.1 Å². The fraction of sp³-hybridized carbons (Fsp3) is 0.929. The molecule has 0 aliphatic carbocycles. The van der Waals surface area contributed by atoms with Gasteiger partial charge in [-0.15, -0.1) is 0 Å². The minimum Gasteiger partial charge on any atom is -0.305 e. The second-order valence-corrected chi connectivity index (χ2v) is 5.83. The van der Waals surface area contributed by atoms with Crippen molar-refractivity contribution in [2.45, 2.75) is 78.8 Å². The molecule has 2 atom stereocenters. The highest BCUT2D eigenvalue weighted by molar-refractivity contribution is 5.84. The van der Waals surface area contributed by atoms with Crippen LogP contribution < -0.4 is 5.32 Å². The molecule has 96 valence electrons. The molecule has 0 radical (unpaired) electrons. The average molecular weight is 227 g/mol. The van der Waals surface area contributed by atoms with Crippen molar-refractivity contribution in [3.63, 3.8) is 0 Å². The Morgan fingerprint density at radius 2 is 1.69 bits per heavy atom. The van der Waals surface area contributed by atoms with Crippen LogP contribution >= 0.6 is 0 Å². The van der Waals surface area contributed by atoms with E-state index >= 15 is 0 Å². The number of rotatable bonds is 1. The lowest BCUT2D eigenvalue weighted by Crippen LogP contribution is -2.63. The first kappa shape index (κ1) is 15.6. The number of nitrogens with one attached hydrogen (secondary N) is 1. The van der Waals surface area contributed by atoms with Crippen molar-refractivity contribution in [1.29, 1.82) is 0 Å². The van der Waals surface area contributed by atoms with E-state index in [2.05, 4.69) is 46.9 Å². The Morgan fingerprint density at radius 1 is 1.25 bits per heavy atom. The first-order valence-corrected chi connectivity index (χ1v) is 6.54. The maximum absolute atomic E-state index is 11.7. The van der Waals surface area contributed by atoms with Crippen molar-refractivity contribution in [1.82, 2.24) is 5.32 Å². The molecule has 16 heavy (non-hydrogen) atoms. The molecule has 2 heteroatoms. The average Bonchev–Trinajstić information content (AvgIpc) is 2.15. The van der Waals surface area contributed by atoms with Gasteiger partial charge in [0.15, 0.2) is 0 Å². The monoisotopic (exact) mass is 227 g/mol. The lowest BCUT2D eigenvalue weighted by molar-refractivity contribution is -0.129. The summed E-state index contributed by atoms with van der Waals surface area (Å²) in [5, 5.41) is 3.58. The van der Waals surface area contributed by atoms with Gasteiger partial charge >= 0.3 is 0 Å². The first-order valence-electron chi connectivity index (χ1n) is 6.54. The number of hydrogen-bond donors (Lipinski definition) is 1. The molecule has 1 heterocycles. The van der Waals surface area contributed by atoms with Gasteiger partial charge in [0.2, 0.25) is 0 Å². The van der Waals surface area contributed by atoms with Gasteiger partial charge in [-0.05, 0) is 27.2 Å². The summed E-state index contributed by atoms with van der Waals surface area (Å²) in [5.41, 5.74) is -0.0484. The lowest BCUT2D eigenvalue weighted by Gasteiger charge is -2.47. The van der Waals surface area contributed by atoms with E-state index in [0.29, 0.717) is 12.2 Å². The molecule has 0 aromatic carbocycles. The Bertz CT molecular complexity index is 232. The van der Waals surface area contributed by atoms with Gasteiger partial charge in [0.05, 0.1) is 0 Å². The van der Waals surface area contributed by atoms with Crippen molar-refractivity contribution in [3.05, 3.63) is 0 Å². The number of carbonyl (C=O) groups excluding carboxylic acids is 1. The Kier molecular flexibility index (Phi) is 5.67. The Balaban J connectivity index is 0.000000673. The third kappa shape index (κ3) is 3.89. The molecule has 2 nitrogen and oxygen atoms in total. The topological polar surface area (TPSA) is 29.1 Å². The van der Waals surface area contributed by atoms with E-state index in [0.717, 1.165) is 6.42 Å². The van der Waals surface area contributed by atoms with Crippen molar-refractivity contribution < 1.29 is 4.79 Å². The molecule has 1 N–H and O–H groups in total. The molecule has 0 amide bonds. The predicted molar refractivity (Wildman–Crippen MR) is 70.7 cm³/mol. The molecule has 1 aliphatic heterocycles. The smallest absolute Gasteiger partial charge is 0.139 e. The molecule has 1 rings (SSSR count). The van der Waals surface area contributed by atoms with Gasteiger partial charge in [-0.2, -0.15) is 0 Å². The quantitative estimate of drug-likeness (QED) is 0.742. The fourth-order valence-corrected chi connectivity index (χ4v) is 2.08. The second-order valence-electron chi connectivity index (χ2n) is 5.83. The largest absolute Gasteiger partial charge is 0.305 e. The van der Waals surface area contributed by atoms with Crippen molar-refractivity contribution in [2.75, 3.05) is 0 Å². The van der Waals surface area contributed by atoms with Crippen molar-refractivity contribution in [3.8, 4) is 0 Å². The van der Waals surface area contributed by atoms with E-state index in [4.69, 9.17) is 0 Å². The Morgan fingerprint density at radius 3 is 2.00 bits per heavy atom. The molecule has 0 aromatic heterocycles. The molecule has 0 spiro atoms. The Hall–Kier alpha value is -0.370. The van der Waals surface area contributed by atoms with Gasteiger partial charge in [0, 0.05) is 23.4 Å². The maximum atomic E-state index is 11.7. The summed E-state index contributed by atoms with van der Waals surface area (Å²) >= 11 is 0. The van der Waals surface area contributed by atoms with E-state index in [9.17, 15) is 4.79 Å². The van der Waals surface area contributed by atoms with E-state index in [-0.39, 0.29) is 17.0 Å². The minimum absolute atomic E-state index is 0.00704. The van der Waals surface area contributed by atoms with Gasteiger partial charge in [-0.25, -0.2) is 0 Å². The lowest BCUT2D eigenvalue weighted by atomic mass is 9.73. The highest BCUT2D eigenvalue weighted by Gasteiger charge is 2.43. The fourth-order valence-electron chi connectivity index (χ4n) is 2.08. The zero-order valence-electron chi connectivity index (χ0n) is 12.1. The number of hydrogen-bond acceptors (Lipinski definition) is 2. The van der Waals surface area contributed by atoms with Crippen LogP contribution in [0.15, 0.2) is 0 Å². The highest BCUT2D eigenvalue weighted by atomic mass is 16.1. The molecule has 1 aliphatic rings. The summed E-state index contributed by atoms with van der Waals surface area (Å²) < 4.78 is 0. The molecule has 2 unspecified atom stereocenters. The van der Waals surface area contributed by atoms with E-state index in [1.54, 1.807) is 0 Å². The number of piperidine rings is 1. The molecule has 1 saturated heterocycles. The van der Waals surface area contributed by atoms with Crippen LogP contribution in [0.25, 0.3) is 0 Å². The van der Waals surface area contributed by atoms with Crippen LogP contribution in [0.4, 0.5) is 0 Å². The molecule has 1 fully saturated rings. The van der Waals surface area contributed by atoms with Crippen LogP contribution in [-0.4, -0.2) is 16.9 Å². The van der Waals surface area contributed by atoms with Gasteiger partial charge in [-0.3, -0.25) is 4.79 Å². The number of Topliss-reactive ketones (excluding diaryl/α,β-unsaturated/α-hetero) is 1. The van der Waals surface area contributed by atoms with Crippen LogP contribution in [-0.2, 0) is 4.79 Å². The van der Waals surface area contributed by atoms with Crippen molar-refractivity contribution in [2.24, 2.45) is 5.92 Å². The van der Waals surface area contributed by atoms with Gasteiger partial charge in [0.1, 0.15) is 5.78 Å². The second kappa shape index (κ2) is 5.81. The molecule has 0 saturated carbocycles. The summed E-state index contributed by atoms with van der Waals surface area (Å²) in [6, 6.07) is 0. The third-order valence-corrected chi connectivity index (χ3v) is 3.53. The molecular formula is C14H29NO. The van der Waals surface area contributed by atoms with E-state index < -0.39 is 0 Å². The maximum Gasteiger partial charge on any atom is 0.139 e. The standard InChI is InChI=1S/C11H21NO.C3H8/c1-6-11(5)7-9(13)8(2)10(3,4)12-11;1-3-2/h8,12H,6-7H2,1-5H3;3H2,1-2H3. The van der Waals surface area contributed by atoms with Crippen LogP contribution in [0.3, 0.4) is 0 Å². The van der Waals surface area contributed by atoms with Crippen LogP contribution in [0.2, 0.25) is 0 Å². The summed E-state index contributed by atoms with van der Waals surface area (Å²) in [5.74, 6) is 0.528. The SMILES string of the molecule is CCC.CCC1(C)CC(=O)C(C)C(C)(C)N1. The molecule has 0 aromatic rings. The minimum atomic E-state index is -0.0555. The van der Waals surface area contributed by atoms with Crippen LogP contribution in [0, 0.1) is 5.92 Å². The van der Waals surface area contributed by atoms with Gasteiger partial charge in [0.25, 0.3) is 0 Å². The zero-order chi connectivity index (χ0) is 13.0. The van der Waals surface area contributed by atoms with Gasteiger partial charge < -0.3 is 5.32 Å². The highest BCUT2D eigenvalue weighted by Crippen LogP contribution is 2.32. The Labute approximate surface area is 101 Å². The van der Waals surface area contributed by atoms with E-state index in [1.165, 1.54) is 6.42 Å². The molecular weight excluding hydrogens is 198 g/mol. The van der Waals surface area contributed by atoms with Crippen LogP contribution in [0.5, 0.6) is 0 Å². The van der Waals surface area contributed by atoms with Crippen molar-refractivity contribution >= 4 is 5.78 Å². The van der Waals surface area contributed by atoms with E-state index in [1.807, 2.05) is 6.92 Å². The summed E-state index contributed by atoms with van der Waals surface area (Å²) in [7, 11) is 0. The summed E-state index contributed by atoms with van der Waals surface area (Å²) in [4.78, 5) is 11.7.